The van der Waals surface area contributed by atoms with E-state index in [9.17, 15) is 0 Å². The summed E-state index contributed by atoms with van der Waals surface area (Å²) in [6.45, 7) is 4.59. The van der Waals surface area contributed by atoms with Crippen molar-refractivity contribution >= 4 is 16.5 Å². The van der Waals surface area contributed by atoms with Crippen LogP contribution in [-0.4, -0.2) is 0 Å². The highest BCUT2D eigenvalue weighted by molar-refractivity contribution is 5.97. The van der Waals surface area contributed by atoms with Crippen LogP contribution >= 0.6 is 0 Å². The highest BCUT2D eigenvalue weighted by Crippen LogP contribution is 2.50. The maximum absolute atomic E-state index is 6.07. The number of benzene rings is 4. The fourth-order valence-corrected chi connectivity index (χ4v) is 4.40. The summed E-state index contributed by atoms with van der Waals surface area (Å²) >= 11 is 0. The zero-order valence-electron chi connectivity index (χ0n) is 15.1. The number of nitrogen functional groups attached to an aromatic ring is 1. The Morgan fingerprint density at radius 1 is 0.654 bits per heavy atom. The molecular formula is C25H21N. The van der Waals surface area contributed by atoms with Crippen molar-refractivity contribution in [1.82, 2.24) is 0 Å². The Balaban J connectivity index is 1.75. The second kappa shape index (κ2) is 5.22. The van der Waals surface area contributed by atoms with E-state index in [0.717, 1.165) is 5.69 Å². The van der Waals surface area contributed by atoms with Gasteiger partial charge in [-0.1, -0.05) is 74.5 Å². The molecule has 26 heavy (non-hydrogen) atoms. The van der Waals surface area contributed by atoms with E-state index >= 15 is 0 Å². The van der Waals surface area contributed by atoms with Gasteiger partial charge in [-0.15, -0.1) is 0 Å². The van der Waals surface area contributed by atoms with E-state index in [2.05, 4.69) is 86.6 Å². The molecule has 0 saturated heterocycles. The average Bonchev–Trinajstić information content (AvgIpc) is 2.88. The number of hydrogen-bond donors (Lipinski definition) is 1. The largest absolute Gasteiger partial charge is 0.399 e. The van der Waals surface area contributed by atoms with Crippen LogP contribution in [0.2, 0.25) is 0 Å². The van der Waals surface area contributed by atoms with Crippen molar-refractivity contribution in [3.63, 3.8) is 0 Å². The lowest BCUT2D eigenvalue weighted by Crippen LogP contribution is -2.15. The van der Waals surface area contributed by atoms with Crippen LogP contribution in [-0.2, 0) is 5.41 Å². The van der Waals surface area contributed by atoms with Crippen LogP contribution in [0.5, 0.6) is 0 Å². The molecule has 0 saturated carbocycles. The van der Waals surface area contributed by atoms with Gasteiger partial charge in [-0.25, -0.2) is 0 Å². The molecular weight excluding hydrogens is 314 g/mol. The lowest BCUT2D eigenvalue weighted by molar-refractivity contribution is 0.661. The Hall–Kier alpha value is -3.06. The summed E-state index contributed by atoms with van der Waals surface area (Å²) in [5.74, 6) is 0. The summed E-state index contributed by atoms with van der Waals surface area (Å²) in [6, 6.07) is 28.3. The summed E-state index contributed by atoms with van der Waals surface area (Å²) in [4.78, 5) is 0. The molecule has 0 spiro atoms. The summed E-state index contributed by atoms with van der Waals surface area (Å²) in [5, 5.41) is 2.58. The maximum atomic E-state index is 6.07. The van der Waals surface area contributed by atoms with Gasteiger partial charge in [0.2, 0.25) is 0 Å². The van der Waals surface area contributed by atoms with Crippen LogP contribution < -0.4 is 5.73 Å². The van der Waals surface area contributed by atoms with Gasteiger partial charge in [-0.3, -0.25) is 0 Å². The molecule has 1 nitrogen and oxygen atoms in total. The molecule has 0 amide bonds. The molecule has 0 aromatic heterocycles. The minimum atomic E-state index is -0.0410. The third-order valence-electron chi connectivity index (χ3n) is 5.80. The van der Waals surface area contributed by atoms with Crippen molar-refractivity contribution in [2.75, 3.05) is 5.73 Å². The Labute approximate surface area is 154 Å². The van der Waals surface area contributed by atoms with Gasteiger partial charge in [-0.2, -0.15) is 0 Å². The van der Waals surface area contributed by atoms with Gasteiger partial charge in [0.05, 0.1) is 0 Å². The van der Waals surface area contributed by atoms with Crippen LogP contribution in [0.3, 0.4) is 0 Å². The number of rotatable bonds is 1. The Morgan fingerprint density at radius 2 is 1.35 bits per heavy atom. The van der Waals surface area contributed by atoms with Crippen molar-refractivity contribution < 1.29 is 0 Å². The van der Waals surface area contributed by atoms with Crippen LogP contribution in [0.4, 0.5) is 5.69 Å². The molecule has 4 aromatic carbocycles. The Bertz CT molecular complexity index is 1160. The molecule has 2 N–H and O–H groups in total. The summed E-state index contributed by atoms with van der Waals surface area (Å²) in [6.07, 6.45) is 0. The van der Waals surface area contributed by atoms with Gasteiger partial charge in [0.15, 0.2) is 0 Å². The number of nitrogens with two attached hydrogens (primary N) is 1. The molecule has 0 unspecified atom stereocenters. The van der Waals surface area contributed by atoms with Gasteiger partial charge in [0, 0.05) is 11.1 Å². The summed E-state index contributed by atoms with van der Waals surface area (Å²) in [5.41, 5.74) is 14.8. The SMILES string of the molecule is CC1(C)c2cc(N)ccc2-c2ccc(-c3cccc4ccccc34)cc21. The molecule has 0 bridgehead atoms. The number of fused-ring (bicyclic) bond motifs is 4. The van der Waals surface area contributed by atoms with E-state index in [0.29, 0.717) is 0 Å². The van der Waals surface area contributed by atoms with E-state index in [1.807, 2.05) is 6.07 Å². The fraction of sp³-hybridized carbons (Fsp3) is 0.120. The van der Waals surface area contributed by atoms with Gasteiger partial charge in [0.25, 0.3) is 0 Å². The Morgan fingerprint density at radius 3 is 2.19 bits per heavy atom. The monoisotopic (exact) mass is 335 g/mol. The van der Waals surface area contributed by atoms with Crippen molar-refractivity contribution in [3.05, 3.63) is 90.0 Å². The number of anilines is 1. The molecule has 126 valence electrons. The first-order valence-corrected chi connectivity index (χ1v) is 9.09. The van der Waals surface area contributed by atoms with Gasteiger partial charge in [-0.05, 0) is 62.4 Å². The standard InChI is InChI=1S/C25H21N/c1-25(2)23-14-17(20-9-5-7-16-6-3-4-8-19(16)20)10-12-21(23)22-13-11-18(26)15-24(22)25/h3-15H,26H2,1-2H3. The van der Waals surface area contributed by atoms with Gasteiger partial charge < -0.3 is 5.73 Å². The molecule has 0 radical (unpaired) electrons. The second-order valence-corrected chi connectivity index (χ2v) is 7.72. The lowest BCUT2D eigenvalue weighted by atomic mass is 9.81. The predicted octanol–water partition coefficient (Wildman–Crippen LogP) is 6.40. The van der Waals surface area contributed by atoms with Crippen LogP contribution in [0.15, 0.2) is 78.9 Å². The topological polar surface area (TPSA) is 26.0 Å². The first-order chi connectivity index (χ1) is 12.6. The first-order valence-electron chi connectivity index (χ1n) is 9.09. The smallest absolute Gasteiger partial charge is 0.0317 e. The minimum absolute atomic E-state index is 0.0410. The molecule has 1 heteroatoms. The highest BCUT2D eigenvalue weighted by Gasteiger charge is 2.35. The van der Waals surface area contributed by atoms with E-state index in [-0.39, 0.29) is 5.41 Å². The normalized spacial score (nSPS) is 14.2. The lowest BCUT2D eigenvalue weighted by Gasteiger charge is -2.22. The van der Waals surface area contributed by atoms with E-state index in [4.69, 9.17) is 5.73 Å². The van der Waals surface area contributed by atoms with Crippen molar-refractivity contribution in [1.29, 1.82) is 0 Å². The van der Waals surface area contributed by atoms with Crippen molar-refractivity contribution in [2.24, 2.45) is 0 Å². The van der Waals surface area contributed by atoms with E-state index in [1.165, 1.54) is 44.2 Å². The molecule has 0 atom stereocenters. The van der Waals surface area contributed by atoms with Gasteiger partial charge >= 0.3 is 0 Å². The summed E-state index contributed by atoms with van der Waals surface area (Å²) in [7, 11) is 0. The minimum Gasteiger partial charge on any atom is -0.399 e. The average molecular weight is 335 g/mol. The predicted molar refractivity (Wildman–Crippen MR) is 111 cm³/mol. The third-order valence-corrected chi connectivity index (χ3v) is 5.80. The van der Waals surface area contributed by atoms with Crippen LogP contribution in [0.25, 0.3) is 33.0 Å². The summed E-state index contributed by atoms with van der Waals surface area (Å²) < 4.78 is 0. The molecule has 5 rings (SSSR count). The molecule has 4 aromatic rings. The van der Waals surface area contributed by atoms with Crippen LogP contribution in [0, 0.1) is 0 Å². The fourth-order valence-electron chi connectivity index (χ4n) is 4.40. The Kier molecular flexibility index (Phi) is 3.05. The third kappa shape index (κ3) is 2.04. The molecule has 1 aliphatic carbocycles. The molecule has 0 aliphatic heterocycles. The van der Waals surface area contributed by atoms with Gasteiger partial charge in [0.1, 0.15) is 0 Å². The molecule has 0 fully saturated rings. The van der Waals surface area contributed by atoms with Crippen LogP contribution in [0.1, 0.15) is 25.0 Å². The zero-order valence-corrected chi connectivity index (χ0v) is 15.1. The van der Waals surface area contributed by atoms with E-state index < -0.39 is 0 Å². The zero-order chi connectivity index (χ0) is 17.9. The molecule has 1 aliphatic rings. The molecule has 0 heterocycles. The maximum Gasteiger partial charge on any atom is 0.0317 e. The van der Waals surface area contributed by atoms with E-state index in [1.54, 1.807) is 0 Å². The van der Waals surface area contributed by atoms with Crippen molar-refractivity contribution in [3.8, 4) is 22.3 Å². The first kappa shape index (κ1) is 15.2. The number of hydrogen-bond acceptors (Lipinski definition) is 1. The van der Waals surface area contributed by atoms with Crippen molar-refractivity contribution in [2.45, 2.75) is 19.3 Å². The second-order valence-electron chi connectivity index (χ2n) is 7.72. The highest BCUT2D eigenvalue weighted by atomic mass is 14.5. The quantitative estimate of drug-likeness (QED) is 0.400.